The van der Waals surface area contributed by atoms with Gasteiger partial charge in [-0.15, -0.1) is 0 Å². The smallest absolute Gasteiger partial charge is 0.228 e. The van der Waals surface area contributed by atoms with Gasteiger partial charge in [0, 0.05) is 43.3 Å². The molecule has 1 atom stereocenters. The van der Waals surface area contributed by atoms with Crippen molar-refractivity contribution in [3.8, 4) is 0 Å². The van der Waals surface area contributed by atoms with E-state index in [1.807, 2.05) is 18.2 Å². The lowest BCUT2D eigenvalue weighted by Gasteiger charge is -2.36. The minimum absolute atomic E-state index is 0.153. The van der Waals surface area contributed by atoms with Crippen molar-refractivity contribution < 1.29 is 0 Å². The van der Waals surface area contributed by atoms with E-state index in [1.54, 1.807) is 0 Å². The molecule has 0 aliphatic carbocycles. The molecule has 0 amide bonds. The van der Waals surface area contributed by atoms with Crippen LogP contribution in [0.15, 0.2) is 78.9 Å². The van der Waals surface area contributed by atoms with Gasteiger partial charge >= 0.3 is 0 Å². The normalized spacial score (nSPS) is 15.1. The topological polar surface area (TPSA) is 44.3 Å². The fourth-order valence-electron chi connectivity index (χ4n) is 4.27. The first kappa shape index (κ1) is 20.3. The van der Waals surface area contributed by atoms with Gasteiger partial charge in [-0.2, -0.15) is 4.98 Å². The predicted molar refractivity (Wildman–Crippen MR) is 134 cm³/mol. The van der Waals surface area contributed by atoms with Crippen LogP contribution in [0.1, 0.15) is 24.1 Å². The molecule has 0 saturated carbocycles. The van der Waals surface area contributed by atoms with E-state index in [0.29, 0.717) is 0 Å². The Kier molecular flexibility index (Phi) is 5.63. The molecule has 32 heavy (non-hydrogen) atoms. The van der Waals surface area contributed by atoms with E-state index in [2.05, 4.69) is 89.6 Å². The molecule has 1 N–H and O–H groups in total. The number of hydrogen-bond donors (Lipinski definition) is 1. The first-order valence-electron chi connectivity index (χ1n) is 11.3. The van der Waals surface area contributed by atoms with Gasteiger partial charge in [0.1, 0.15) is 5.82 Å². The molecule has 1 saturated heterocycles. The Hall–Kier alpha value is -3.60. The summed E-state index contributed by atoms with van der Waals surface area (Å²) >= 11 is 0. The molecule has 0 radical (unpaired) electrons. The summed E-state index contributed by atoms with van der Waals surface area (Å²) in [6, 6.07) is 27.7. The zero-order chi connectivity index (χ0) is 21.9. The number of benzene rings is 3. The van der Waals surface area contributed by atoms with Crippen LogP contribution >= 0.6 is 0 Å². The standard InChI is InChI=1S/C27H29N5/c1-20-12-14-23(15-13-20)31-16-18-32(19-17-31)27-29-25-11-7-6-10-24(25)26(30-27)28-21(2)22-8-4-3-5-9-22/h3-15,21H,16-19H2,1-2H3,(H,28,29,30). The van der Waals surface area contributed by atoms with Gasteiger partial charge < -0.3 is 15.1 Å². The van der Waals surface area contributed by atoms with Crippen molar-refractivity contribution in [2.45, 2.75) is 19.9 Å². The molecular weight excluding hydrogens is 394 g/mol. The van der Waals surface area contributed by atoms with Crippen LogP contribution < -0.4 is 15.1 Å². The SMILES string of the molecule is Cc1ccc(N2CCN(c3nc(NC(C)c4ccccc4)c4ccccc4n3)CC2)cc1. The summed E-state index contributed by atoms with van der Waals surface area (Å²) in [6.07, 6.45) is 0. The van der Waals surface area contributed by atoms with Crippen LogP contribution in [0.4, 0.5) is 17.5 Å². The maximum atomic E-state index is 4.98. The summed E-state index contributed by atoms with van der Waals surface area (Å²) in [7, 11) is 0. The van der Waals surface area contributed by atoms with Crippen LogP contribution in [0.5, 0.6) is 0 Å². The minimum atomic E-state index is 0.153. The Bertz CT molecular complexity index is 1180. The number of anilines is 3. The Morgan fingerprint density at radius 3 is 2.16 bits per heavy atom. The third-order valence-electron chi connectivity index (χ3n) is 6.21. The van der Waals surface area contributed by atoms with Gasteiger partial charge in [-0.1, -0.05) is 60.2 Å². The first-order chi connectivity index (χ1) is 15.7. The summed E-state index contributed by atoms with van der Waals surface area (Å²) in [5.74, 6) is 1.69. The molecule has 5 rings (SSSR count). The second-order valence-corrected chi connectivity index (χ2v) is 8.48. The average Bonchev–Trinajstić information content (AvgIpc) is 2.85. The van der Waals surface area contributed by atoms with Crippen molar-refractivity contribution in [3.63, 3.8) is 0 Å². The Balaban J connectivity index is 1.38. The van der Waals surface area contributed by atoms with Gasteiger partial charge in [-0.25, -0.2) is 4.98 Å². The third kappa shape index (κ3) is 4.24. The third-order valence-corrected chi connectivity index (χ3v) is 6.21. The van der Waals surface area contributed by atoms with E-state index in [0.717, 1.165) is 48.8 Å². The summed E-state index contributed by atoms with van der Waals surface area (Å²) in [4.78, 5) is 14.6. The number of aryl methyl sites for hydroxylation is 1. The largest absolute Gasteiger partial charge is 0.368 e. The number of piperazine rings is 1. The van der Waals surface area contributed by atoms with Crippen LogP contribution in [0, 0.1) is 6.92 Å². The van der Waals surface area contributed by atoms with Gasteiger partial charge in [-0.05, 0) is 43.7 Å². The summed E-state index contributed by atoms with van der Waals surface area (Å²) in [6.45, 7) is 8.03. The molecule has 2 heterocycles. The van der Waals surface area contributed by atoms with Gasteiger partial charge in [0.25, 0.3) is 0 Å². The van der Waals surface area contributed by atoms with Crippen molar-refractivity contribution in [1.29, 1.82) is 0 Å². The Morgan fingerprint density at radius 2 is 1.41 bits per heavy atom. The molecule has 0 bridgehead atoms. The number of para-hydroxylation sites is 1. The summed E-state index contributed by atoms with van der Waals surface area (Å²) in [5, 5.41) is 4.69. The van der Waals surface area contributed by atoms with E-state index >= 15 is 0 Å². The quantitative estimate of drug-likeness (QED) is 0.463. The molecule has 1 aliphatic heterocycles. The highest BCUT2D eigenvalue weighted by Gasteiger charge is 2.21. The number of fused-ring (bicyclic) bond motifs is 1. The van der Waals surface area contributed by atoms with Crippen molar-refractivity contribution in [3.05, 3.63) is 90.0 Å². The van der Waals surface area contributed by atoms with Crippen LogP contribution in [0.25, 0.3) is 10.9 Å². The van der Waals surface area contributed by atoms with Gasteiger partial charge in [0.2, 0.25) is 5.95 Å². The second-order valence-electron chi connectivity index (χ2n) is 8.48. The second kappa shape index (κ2) is 8.87. The fourth-order valence-corrected chi connectivity index (χ4v) is 4.27. The zero-order valence-electron chi connectivity index (χ0n) is 18.7. The van der Waals surface area contributed by atoms with Crippen LogP contribution in [-0.4, -0.2) is 36.1 Å². The maximum absolute atomic E-state index is 4.98. The van der Waals surface area contributed by atoms with Crippen molar-refractivity contribution in [2.24, 2.45) is 0 Å². The van der Waals surface area contributed by atoms with Gasteiger partial charge in [0.05, 0.1) is 5.52 Å². The minimum Gasteiger partial charge on any atom is -0.368 e. The molecule has 0 spiro atoms. The van der Waals surface area contributed by atoms with E-state index in [9.17, 15) is 0 Å². The molecule has 5 nitrogen and oxygen atoms in total. The monoisotopic (exact) mass is 423 g/mol. The number of aromatic nitrogens is 2. The lowest BCUT2D eigenvalue weighted by atomic mass is 10.1. The highest BCUT2D eigenvalue weighted by Crippen LogP contribution is 2.28. The van der Waals surface area contributed by atoms with Crippen molar-refractivity contribution in [1.82, 2.24) is 9.97 Å². The van der Waals surface area contributed by atoms with E-state index in [4.69, 9.17) is 9.97 Å². The molecule has 1 fully saturated rings. The molecule has 3 aromatic carbocycles. The average molecular weight is 424 g/mol. The predicted octanol–water partition coefficient (Wildman–Crippen LogP) is 5.44. The molecule has 4 aromatic rings. The van der Waals surface area contributed by atoms with E-state index in [1.165, 1.54) is 16.8 Å². The van der Waals surface area contributed by atoms with Crippen LogP contribution in [0.2, 0.25) is 0 Å². The summed E-state index contributed by atoms with van der Waals surface area (Å²) in [5.41, 5.74) is 4.79. The number of hydrogen-bond acceptors (Lipinski definition) is 5. The molecule has 1 unspecified atom stereocenters. The highest BCUT2D eigenvalue weighted by atomic mass is 15.3. The van der Waals surface area contributed by atoms with E-state index < -0.39 is 0 Å². The molecular formula is C27H29N5. The van der Waals surface area contributed by atoms with Crippen LogP contribution in [-0.2, 0) is 0 Å². The Labute approximate surface area is 189 Å². The van der Waals surface area contributed by atoms with Crippen molar-refractivity contribution in [2.75, 3.05) is 41.3 Å². The van der Waals surface area contributed by atoms with Crippen LogP contribution in [0.3, 0.4) is 0 Å². The number of nitrogens with one attached hydrogen (secondary N) is 1. The lowest BCUT2D eigenvalue weighted by molar-refractivity contribution is 0.641. The van der Waals surface area contributed by atoms with E-state index in [-0.39, 0.29) is 6.04 Å². The van der Waals surface area contributed by atoms with Gasteiger partial charge in [0.15, 0.2) is 0 Å². The molecule has 162 valence electrons. The highest BCUT2D eigenvalue weighted by molar-refractivity contribution is 5.90. The maximum Gasteiger partial charge on any atom is 0.228 e. The number of rotatable bonds is 5. The lowest BCUT2D eigenvalue weighted by Crippen LogP contribution is -2.47. The fraction of sp³-hybridized carbons (Fsp3) is 0.259. The molecule has 1 aliphatic rings. The molecule has 5 heteroatoms. The first-order valence-corrected chi connectivity index (χ1v) is 11.3. The number of nitrogens with zero attached hydrogens (tertiary/aromatic N) is 4. The van der Waals surface area contributed by atoms with Gasteiger partial charge in [-0.3, -0.25) is 0 Å². The van der Waals surface area contributed by atoms with Crippen molar-refractivity contribution >= 4 is 28.4 Å². The Morgan fingerprint density at radius 1 is 0.750 bits per heavy atom. The summed E-state index contributed by atoms with van der Waals surface area (Å²) < 4.78 is 0. The molecule has 1 aromatic heterocycles. The zero-order valence-corrected chi connectivity index (χ0v) is 18.7.